The Balaban J connectivity index is 2.21. The number of rotatable bonds is 5. The van der Waals surface area contributed by atoms with Crippen LogP contribution in [0.5, 0.6) is 5.75 Å². The fourth-order valence-electron chi connectivity index (χ4n) is 1.98. The molecule has 1 heterocycles. The lowest BCUT2D eigenvalue weighted by Gasteiger charge is -2.18. The Kier molecular flexibility index (Phi) is 4.86. The quantitative estimate of drug-likeness (QED) is 0.890. The van der Waals surface area contributed by atoms with Gasteiger partial charge in [-0.05, 0) is 54.1 Å². The summed E-state index contributed by atoms with van der Waals surface area (Å²) < 4.78 is 6.01. The van der Waals surface area contributed by atoms with E-state index >= 15 is 0 Å². The Hall–Kier alpha value is -1.03. The smallest absolute Gasteiger partial charge is 0.145 e. The first-order valence-electron chi connectivity index (χ1n) is 6.34. The zero-order valence-corrected chi connectivity index (χ0v) is 12.7. The molecular weight excluding hydrogens is 278 g/mol. The Morgan fingerprint density at radius 2 is 2.16 bits per heavy atom. The molecule has 4 heteroatoms. The molecule has 102 valence electrons. The van der Waals surface area contributed by atoms with Gasteiger partial charge in [-0.3, -0.25) is 0 Å². The predicted molar refractivity (Wildman–Crippen MR) is 82.3 cm³/mol. The summed E-state index contributed by atoms with van der Waals surface area (Å²) in [6, 6.07) is 7.86. The van der Waals surface area contributed by atoms with E-state index in [0.717, 1.165) is 22.8 Å². The van der Waals surface area contributed by atoms with Gasteiger partial charge in [-0.2, -0.15) is 0 Å². The van der Waals surface area contributed by atoms with Crippen molar-refractivity contribution in [3.63, 3.8) is 0 Å². The van der Waals surface area contributed by atoms with Crippen molar-refractivity contribution in [1.82, 2.24) is 0 Å². The molecule has 1 atom stereocenters. The van der Waals surface area contributed by atoms with Crippen LogP contribution in [-0.4, -0.2) is 6.54 Å². The molecule has 0 amide bonds. The minimum absolute atomic E-state index is 0.0918. The number of benzene rings is 1. The number of hydrogen-bond acceptors (Lipinski definition) is 3. The predicted octanol–water partition coefficient (Wildman–Crippen LogP) is 4.35. The highest BCUT2D eigenvalue weighted by Crippen LogP contribution is 2.30. The van der Waals surface area contributed by atoms with Crippen LogP contribution in [0.3, 0.4) is 0 Å². The van der Waals surface area contributed by atoms with Crippen LogP contribution in [0.15, 0.2) is 29.6 Å². The average Bonchev–Trinajstić information content (AvgIpc) is 2.84. The van der Waals surface area contributed by atoms with Crippen molar-refractivity contribution in [2.45, 2.75) is 26.4 Å². The summed E-state index contributed by atoms with van der Waals surface area (Å²) >= 11 is 7.80. The Labute approximate surface area is 123 Å². The minimum Gasteiger partial charge on any atom is -0.484 e. The van der Waals surface area contributed by atoms with Crippen molar-refractivity contribution in [2.75, 3.05) is 6.54 Å². The zero-order chi connectivity index (χ0) is 13.8. The first kappa shape index (κ1) is 14.4. The van der Waals surface area contributed by atoms with Crippen molar-refractivity contribution in [3.8, 4) is 5.75 Å². The maximum Gasteiger partial charge on any atom is 0.145 e. The van der Waals surface area contributed by atoms with Crippen LogP contribution >= 0.6 is 22.9 Å². The summed E-state index contributed by atoms with van der Waals surface area (Å²) in [4.78, 5) is 1.19. The summed E-state index contributed by atoms with van der Waals surface area (Å²) in [5, 5.41) is 2.85. The molecular formula is C15H18ClNOS. The minimum atomic E-state index is -0.0918. The molecule has 2 rings (SSSR count). The second-order valence-electron chi connectivity index (χ2n) is 4.42. The van der Waals surface area contributed by atoms with E-state index in [4.69, 9.17) is 22.1 Å². The molecule has 0 saturated heterocycles. The first-order valence-corrected chi connectivity index (χ1v) is 7.60. The molecule has 2 nitrogen and oxygen atoms in total. The molecule has 0 aliphatic heterocycles. The van der Waals surface area contributed by atoms with Crippen molar-refractivity contribution in [1.29, 1.82) is 0 Å². The normalized spacial score (nSPS) is 12.4. The van der Waals surface area contributed by atoms with Crippen molar-refractivity contribution in [2.24, 2.45) is 5.73 Å². The standard InChI is InChI=1S/C15H18ClNOS/c1-3-11-8-12(4-5-13(11)16)18-14(9-17)15-10(2)6-7-19-15/h4-8,14H,3,9,17H2,1-2H3. The number of aryl methyl sites for hydroxylation is 2. The van der Waals surface area contributed by atoms with Gasteiger partial charge in [0.1, 0.15) is 11.9 Å². The van der Waals surface area contributed by atoms with Gasteiger partial charge in [0.15, 0.2) is 0 Å². The number of thiophene rings is 1. The maximum atomic E-state index is 6.11. The molecule has 1 aromatic carbocycles. The molecule has 0 radical (unpaired) electrons. The fourth-order valence-corrected chi connectivity index (χ4v) is 3.20. The molecule has 2 N–H and O–H groups in total. The van der Waals surface area contributed by atoms with Gasteiger partial charge in [-0.1, -0.05) is 18.5 Å². The van der Waals surface area contributed by atoms with E-state index in [2.05, 4.69) is 25.3 Å². The summed E-state index contributed by atoms with van der Waals surface area (Å²) in [7, 11) is 0. The van der Waals surface area contributed by atoms with Gasteiger partial charge in [-0.25, -0.2) is 0 Å². The third-order valence-electron chi connectivity index (χ3n) is 3.08. The largest absolute Gasteiger partial charge is 0.484 e. The van der Waals surface area contributed by atoms with E-state index < -0.39 is 0 Å². The van der Waals surface area contributed by atoms with Crippen molar-refractivity contribution < 1.29 is 4.74 Å². The molecule has 0 bridgehead atoms. The van der Waals surface area contributed by atoms with Crippen LogP contribution in [0.2, 0.25) is 5.02 Å². The van der Waals surface area contributed by atoms with Crippen LogP contribution in [0.1, 0.15) is 29.0 Å². The van der Waals surface area contributed by atoms with Gasteiger partial charge in [-0.15, -0.1) is 11.3 Å². The zero-order valence-electron chi connectivity index (χ0n) is 11.2. The molecule has 0 fully saturated rings. The Morgan fingerprint density at radius 1 is 1.37 bits per heavy atom. The Bertz CT molecular complexity index is 553. The van der Waals surface area contributed by atoms with Gasteiger partial charge in [0, 0.05) is 16.4 Å². The lowest BCUT2D eigenvalue weighted by molar-refractivity contribution is 0.217. The fraction of sp³-hybridized carbons (Fsp3) is 0.333. The van der Waals surface area contributed by atoms with E-state index in [-0.39, 0.29) is 6.10 Å². The second kappa shape index (κ2) is 6.42. The average molecular weight is 296 g/mol. The van der Waals surface area contributed by atoms with E-state index in [1.165, 1.54) is 10.4 Å². The molecule has 1 aromatic heterocycles. The highest BCUT2D eigenvalue weighted by molar-refractivity contribution is 7.10. The van der Waals surface area contributed by atoms with Crippen molar-refractivity contribution in [3.05, 3.63) is 50.7 Å². The van der Waals surface area contributed by atoms with Crippen LogP contribution in [-0.2, 0) is 6.42 Å². The van der Waals surface area contributed by atoms with Gasteiger partial charge in [0.2, 0.25) is 0 Å². The highest BCUT2D eigenvalue weighted by Gasteiger charge is 2.15. The summed E-state index contributed by atoms with van der Waals surface area (Å²) in [6.07, 6.45) is 0.798. The topological polar surface area (TPSA) is 35.2 Å². The number of halogens is 1. The summed E-state index contributed by atoms with van der Waals surface area (Å²) in [5.74, 6) is 0.824. The van der Waals surface area contributed by atoms with E-state index in [1.54, 1.807) is 11.3 Å². The summed E-state index contributed by atoms with van der Waals surface area (Å²) in [6.45, 7) is 4.62. The molecule has 0 spiro atoms. The monoisotopic (exact) mass is 295 g/mol. The number of hydrogen-bond donors (Lipinski definition) is 1. The van der Waals surface area contributed by atoms with E-state index in [1.807, 2.05) is 18.2 Å². The van der Waals surface area contributed by atoms with Gasteiger partial charge < -0.3 is 10.5 Å². The third-order valence-corrected chi connectivity index (χ3v) is 4.56. The van der Waals surface area contributed by atoms with Crippen LogP contribution in [0.4, 0.5) is 0 Å². The highest BCUT2D eigenvalue weighted by atomic mass is 35.5. The van der Waals surface area contributed by atoms with Crippen LogP contribution in [0.25, 0.3) is 0 Å². The third kappa shape index (κ3) is 3.30. The number of ether oxygens (including phenoxy) is 1. The lowest BCUT2D eigenvalue weighted by atomic mass is 10.1. The van der Waals surface area contributed by atoms with Gasteiger partial charge >= 0.3 is 0 Å². The molecule has 0 aliphatic carbocycles. The van der Waals surface area contributed by atoms with E-state index in [0.29, 0.717) is 6.54 Å². The molecule has 2 aromatic rings. The molecule has 19 heavy (non-hydrogen) atoms. The Morgan fingerprint density at radius 3 is 2.74 bits per heavy atom. The molecule has 0 saturated carbocycles. The van der Waals surface area contributed by atoms with Crippen molar-refractivity contribution >= 4 is 22.9 Å². The SMILES string of the molecule is CCc1cc(OC(CN)c2sccc2C)ccc1Cl. The molecule has 1 unspecified atom stereocenters. The molecule has 0 aliphatic rings. The maximum absolute atomic E-state index is 6.11. The van der Waals surface area contributed by atoms with Crippen LogP contribution in [0, 0.1) is 6.92 Å². The number of nitrogens with two attached hydrogens (primary N) is 1. The van der Waals surface area contributed by atoms with Crippen LogP contribution < -0.4 is 10.5 Å². The second-order valence-corrected chi connectivity index (χ2v) is 5.77. The lowest BCUT2D eigenvalue weighted by Crippen LogP contribution is -2.18. The first-order chi connectivity index (χ1) is 9.15. The van der Waals surface area contributed by atoms with E-state index in [9.17, 15) is 0 Å². The van der Waals surface area contributed by atoms with Gasteiger partial charge in [0.25, 0.3) is 0 Å². The summed E-state index contributed by atoms with van der Waals surface area (Å²) in [5.41, 5.74) is 8.16. The van der Waals surface area contributed by atoms with Gasteiger partial charge in [0.05, 0.1) is 0 Å².